The molecule has 2 fully saturated rings. The molecule has 1 aromatic rings. The highest BCUT2D eigenvalue weighted by Crippen LogP contribution is 2.28. The van der Waals surface area contributed by atoms with Crippen molar-refractivity contribution in [3.63, 3.8) is 0 Å². The third-order valence-electron chi connectivity index (χ3n) is 4.64. The molecule has 2 aliphatic rings. The van der Waals surface area contributed by atoms with Gasteiger partial charge in [-0.15, -0.1) is 12.4 Å². The summed E-state index contributed by atoms with van der Waals surface area (Å²) in [7, 11) is 0. The van der Waals surface area contributed by atoms with E-state index in [1.54, 1.807) is 0 Å². The molecule has 112 valence electrons. The molecule has 1 aromatic carbocycles. The Bertz CT molecular complexity index is 395. The minimum atomic E-state index is 0. The zero-order valence-electron chi connectivity index (χ0n) is 12.1. The monoisotopic (exact) mass is 295 g/mol. The quantitative estimate of drug-likeness (QED) is 0.901. The average Bonchev–Trinajstić information content (AvgIpc) is 3.02. The Hall–Kier alpha value is -0.770. The van der Waals surface area contributed by atoms with Crippen molar-refractivity contribution in [2.45, 2.75) is 31.7 Å². The van der Waals surface area contributed by atoms with Gasteiger partial charge in [0.1, 0.15) is 0 Å². The van der Waals surface area contributed by atoms with Gasteiger partial charge in [0.05, 0.1) is 0 Å². The third kappa shape index (κ3) is 3.46. The number of piperidine rings is 1. The molecule has 0 radical (unpaired) electrons. The molecular weight excluding hydrogens is 270 g/mol. The molecule has 2 saturated heterocycles. The maximum Gasteiger partial charge on any atom is 0.0366 e. The van der Waals surface area contributed by atoms with E-state index in [1.165, 1.54) is 50.0 Å². The molecule has 20 heavy (non-hydrogen) atoms. The molecule has 3 N–H and O–H groups in total. The van der Waals surface area contributed by atoms with Crippen LogP contribution in [0, 0.1) is 5.92 Å². The molecule has 0 amide bonds. The van der Waals surface area contributed by atoms with E-state index in [2.05, 4.69) is 34.5 Å². The largest absolute Gasteiger partial charge is 0.372 e. The SMILES string of the molecule is Cl.N[C@@H](c1ccc(N2CCCC2)cc1)C1CCNCC1. The highest BCUT2D eigenvalue weighted by atomic mass is 35.5. The Kier molecular flexibility index (Phi) is 5.70. The van der Waals surface area contributed by atoms with Crippen LogP contribution in [0.2, 0.25) is 0 Å². The van der Waals surface area contributed by atoms with Crippen molar-refractivity contribution in [2.75, 3.05) is 31.1 Å². The summed E-state index contributed by atoms with van der Waals surface area (Å²) in [6, 6.07) is 9.18. The molecule has 0 bridgehead atoms. The van der Waals surface area contributed by atoms with Crippen LogP contribution in [0.3, 0.4) is 0 Å². The molecule has 1 atom stereocenters. The predicted octanol–water partition coefficient (Wildman–Crippen LogP) is 2.71. The van der Waals surface area contributed by atoms with E-state index < -0.39 is 0 Å². The van der Waals surface area contributed by atoms with E-state index in [1.807, 2.05) is 0 Å². The Morgan fingerprint density at radius 1 is 1.05 bits per heavy atom. The van der Waals surface area contributed by atoms with Gasteiger partial charge < -0.3 is 16.0 Å². The molecule has 2 aliphatic heterocycles. The summed E-state index contributed by atoms with van der Waals surface area (Å²) in [6.07, 6.45) is 5.07. The van der Waals surface area contributed by atoms with E-state index in [9.17, 15) is 0 Å². The van der Waals surface area contributed by atoms with Crippen molar-refractivity contribution >= 4 is 18.1 Å². The van der Waals surface area contributed by atoms with Crippen LogP contribution >= 0.6 is 12.4 Å². The van der Waals surface area contributed by atoms with Crippen LogP contribution in [0.1, 0.15) is 37.3 Å². The van der Waals surface area contributed by atoms with Gasteiger partial charge in [0.15, 0.2) is 0 Å². The lowest BCUT2D eigenvalue weighted by Gasteiger charge is -2.28. The summed E-state index contributed by atoms with van der Waals surface area (Å²) in [5.41, 5.74) is 9.09. The van der Waals surface area contributed by atoms with Gasteiger partial charge in [0.25, 0.3) is 0 Å². The fourth-order valence-electron chi connectivity index (χ4n) is 3.36. The van der Waals surface area contributed by atoms with Crippen molar-refractivity contribution in [3.05, 3.63) is 29.8 Å². The first kappa shape index (κ1) is 15.6. The predicted molar refractivity (Wildman–Crippen MR) is 87.7 cm³/mol. The molecule has 0 unspecified atom stereocenters. The third-order valence-corrected chi connectivity index (χ3v) is 4.64. The highest BCUT2D eigenvalue weighted by Gasteiger charge is 2.21. The van der Waals surface area contributed by atoms with Crippen LogP contribution in [-0.4, -0.2) is 26.2 Å². The standard InChI is InChI=1S/C16H25N3.ClH/c17-16(14-7-9-18-10-8-14)13-3-5-15(6-4-13)19-11-1-2-12-19;/h3-6,14,16,18H,1-2,7-12,17H2;1H/t16-;/m0./s1. The number of benzene rings is 1. The lowest BCUT2D eigenvalue weighted by molar-refractivity contribution is 0.322. The summed E-state index contributed by atoms with van der Waals surface area (Å²) in [6.45, 7) is 4.65. The minimum absolute atomic E-state index is 0. The second-order valence-corrected chi connectivity index (χ2v) is 5.90. The smallest absolute Gasteiger partial charge is 0.0366 e. The maximum absolute atomic E-state index is 6.43. The first-order valence-corrected chi connectivity index (χ1v) is 7.66. The average molecular weight is 296 g/mol. The van der Waals surface area contributed by atoms with E-state index in [4.69, 9.17) is 5.73 Å². The summed E-state index contributed by atoms with van der Waals surface area (Å²) in [5, 5.41) is 3.41. The van der Waals surface area contributed by atoms with Crippen LogP contribution in [-0.2, 0) is 0 Å². The van der Waals surface area contributed by atoms with Gasteiger partial charge in [0.2, 0.25) is 0 Å². The van der Waals surface area contributed by atoms with Crippen molar-refractivity contribution in [1.29, 1.82) is 0 Å². The van der Waals surface area contributed by atoms with E-state index in [0.29, 0.717) is 5.92 Å². The van der Waals surface area contributed by atoms with E-state index in [-0.39, 0.29) is 18.4 Å². The van der Waals surface area contributed by atoms with E-state index in [0.717, 1.165) is 13.1 Å². The number of halogens is 1. The van der Waals surface area contributed by atoms with Crippen LogP contribution in [0.25, 0.3) is 0 Å². The zero-order chi connectivity index (χ0) is 13.1. The summed E-state index contributed by atoms with van der Waals surface area (Å²) >= 11 is 0. The Labute approximate surface area is 128 Å². The van der Waals surface area contributed by atoms with Gasteiger partial charge in [-0.2, -0.15) is 0 Å². The number of anilines is 1. The Morgan fingerprint density at radius 3 is 2.25 bits per heavy atom. The second-order valence-electron chi connectivity index (χ2n) is 5.90. The van der Waals surface area contributed by atoms with Gasteiger partial charge in [0, 0.05) is 24.8 Å². The number of hydrogen-bond acceptors (Lipinski definition) is 3. The summed E-state index contributed by atoms with van der Waals surface area (Å²) < 4.78 is 0. The number of hydrogen-bond donors (Lipinski definition) is 2. The molecule has 0 aromatic heterocycles. The number of nitrogens with zero attached hydrogens (tertiary/aromatic N) is 1. The molecule has 4 heteroatoms. The molecule has 0 aliphatic carbocycles. The second kappa shape index (κ2) is 7.30. The van der Waals surface area contributed by atoms with Gasteiger partial charge in [-0.25, -0.2) is 0 Å². The van der Waals surface area contributed by atoms with E-state index >= 15 is 0 Å². The van der Waals surface area contributed by atoms with Gasteiger partial charge >= 0.3 is 0 Å². The maximum atomic E-state index is 6.43. The molecule has 0 saturated carbocycles. The number of nitrogens with one attached hydrogen (secondary N) is 1. The normalized spacial score (nSPS) is 21.6. The van der Waals surface area contributed by atoms with Crippen molar-refractivity contribution in [1.82, 2.24) is 5.32 Å². The number of rotatable bonds is 3. The molecule has 2 heterocycles. The molecule has 0 spiro atoms. The van der Waals surface area contributed by atoms with Crippen molar-refractivity contribution in [2.24, 2.45) is 11.7 Å². The summed E-state index contributed by atoms with van der Waals surface area (Å²) in [5.74, 6) is 0.638. The Morgan fingerprint density at radius 2 is 1.65 bits per heavy atom. The molecule has 3 nitrogen and oxygen atoms in total. The Balaban J connectivity index is 0.00000147. The lowest BCUT2D eigenvalue weighted by atomic mass is 9.86. The van der Waals surface area contributed by atoms with Crippen molar-refractivity contribution < 1.29 is 0 Å². The topological polar surface area (TPSA) is 41.3 Å². The highest BCUT2D eigenvalue weighted by molar-refractivity contribution is 5.85. The van der Waals surface area contributed by atoms with Gasteiger partial charge in [-0.05, 0) is 62.4 Å². The lowest BCUT2D eigenvalue weighted by Crippen LogP contribution is -2.33. The fraction of sp³-hybridized carbons (Fsp3) is 0.625. The molecule has 3 rings (SSSR count). The van der Waals surface area contributed by atoms with Gasteiger partial charge in [-0.1, -0.05) is 12.1 Å². The molecular formula is C16H26ClN3. The van der Waals surface area contributed by atoms with Crippen LogP contribution in [0.5, 0.6) is 0 Å². The first-order valence-electron chi connectivity index (χ1n) is 7.66. The van der Waals surface area contributed by atoms with Gasteiger partial charge in [-0.3, -0.25) is 0 Å². The van der Waals surface area contributed by atoms with Crippen LogP contribution in [0.4, 0.5) is 5.69 Å². The minimum Gasteiger partial charge on any atom is -0.372 e. The summed E-state index contributed by atoms with van der Waals surface area (Å²) in [4.78, 5) is 2.47. The fourth-order valence-corrected chi connectivity index (χ4v) is 3.36. The number of nitrogens with two attached hydrogens (primary N) is 1. The van der Waals surface area contributed by atoms with Crippen LogP contribution < -0.4 is 16.0 Å². The first-order chi connectivity index (χ1) is 9.34. The van der Waals surface area contributed by atoms with Crippen LogP contribution in [0.15, 0.2) is 24.3 Å². The zero-order valence-corrected chi connectivity index (χ0v) is 12.9. The van der Waals surface area contributed by atoms with Crippen molar-refractivity contribution in [3.8, 4) is 0 Å².